The molecule has 0 fully saturated rings. The molecule has 1 aromatic rings. The Labute approximate surface area is 112 Å². The molecular weight excluding hydrogens is 218 g/mol. The van der Waals surface area contributed by atoms with Crippen LogP contribution < -0.4 is 4.90 Å². The fourth-order valence-corrected chi connectivity index (χ4v) is 2.93. The molecule has 18 heavy (non-hydrogen) atoms. The Morgan fingerprint density at radius 1 is 1.00 bits per heavy atom. The summed E-state index contributed by atoms with van der Waals surface area (Å²) in [6.07, 6.45) is 11.0. The largest absolute Gasteiger partial charge is 0.371 e. The van der Waals surface area contributed by atoms with Crippen molar-refractivity contribution in [1.29, 1.82) is 0 Å². The fraction of sp³-hybridized carbons (Fsp3) is 0.647. The molecule has 0 aliphatic carbocycles. The van der Waals surface area contributed by atoms with Gasteiger partial charge in [0.2, 0.25) is 0 Å². The van der Waals surface area contributed by atoms with Crippen LogP contribution in [0.5, 0.6) is 0 Å². The summed E-state index contributed by atoms with van der Waals surface area (Å²) in [7, 11) is 0. The molecule has 1 aliphatic rings. The monoisotopic (exact) mass is 245 g/mol. The number of nitrogens with zero attached hydrogens (tertiary/aromatic N) is 1. The minimum Gasteiger partial charge on any atom is -0.371 e. The van der Waals surface area contributed by atoms with E-state index < -0.39 is 0 Å². The smallest absolute Gasteiger partial charge is 0.0398 e. The van der Waals surface area contributed by atoms with E-state index in [1.54, 1.807) is 5.56 Å². The second kappa shape index (κ2) is 7.45. The second-order valence-electron chi connectivity index (χ2n) is 5.49. The zero-order valence-corrected chi connectivity index (χ0v) is 11.8. The summed E-state index contributed by atoms with van der Waals surface area (Å²) < 4.78 is 0. The highest BCUT2D eigenvalue weighted by Crippen LogP contribution is 2.26. The van der Waals surface area contributed by atoms with Crippen LogP contribution in [0.1, 0.15) is 57.4 Å². The molecule has 0 spiro atoms. The van der Waals surface area contributed by atoms with Crippen molar-refractivity contribution in [2.75, 3.05) is 18.0 Å². The molecule has 0 aromatic heterocycles. The quantitative estimate of drug-likeness (QED) is 0.624. The first-order valence-electron chi connectivity index (χ1n) is 7.74. The Hall–Kier alpha value is -0.980. The van der Waals surface area contributed by atoms with Gasteiger partial charge in [-0.1, -0.05) is 57.2 Å². The predicted molar refractivity (Wildman–Crippen MR) is 80.4 cm³/mol. The van der Waals surface area contributed by atoms with Crippen LogP contribution in [0.3, 0.4) is 0 Å². The summed E-state index contributed by atoms with van der Waals surface area (Å²) in [5.41, 5.74) is 3.05. The van der Waals surface area contributed by atoms with Crippen LogP contribution in [0.2, 0.25) is 0 Å². The molecule has 0 saturated heterocycles. The first-order chi connectivity index (χ1) is 8.92. The lowest BCUT2D eigenvalue weighted by Crippen LogP contribution is -2.30. The van der Waals surface area contributed by atoms with Gasteiger partial charge in [0.05, 0.1) is 0 Å². The summed E-state index contributed by atoms with van der Waals surface area (Å²) in [6.45, 7) is 4.79. The van der Waals surface area contributed by atoms with E-state index in [1.807, 2.05) is 0 Å². The zero-order chi connectivity index (χ0) is 12.6. The van der Waals surface area contributed by atoms with Gasteiger partial charge in [-0.05, 0) is 30.9 Å². The summed E-state index contributed by atoms with van der Waals surface area (Å²) in [5, 5.41) is 0. The summed E-state index contributed by atoms with van der Waals surface area (Å²) in [5.74, 6) is 0. The molecule has 2 rings (SSSR count). The number of anilines is 1. The van der Waals surface area contributed by atoms with Crippen molar-refractivity contribution in [1.82, 2.24) is 0 Å². The average molecular weight is 245 g/mol. The van der Waals surface area contributed by atoms with E-state index >= 15 is 0 Å². The van der Waals surface area contributed by atoms with Crippen LogP contribution in [-0.2, 0) is 6.42 Å². The number of benzene rings is 1. The van der Waals surface area contributed by atoms with Gasteiger partial charge >= 0.3 is 0 Å². The lowest BCUT2D eigenvalue weighted by Gasteiger charge is -2.31. The Morgan fingerprint density at radius 3 is 2.67 bits per heavy atom. The molecule has 1 aromatic carbocycles. The number of aryl methyl sites for hydroxylation is 1. The number of para-hydroxylation sites is 1. The molecule has 1 nitrogen and oxygen atoms in total. The lowest BCUT2D eigenvalue weighted by atomic mass is 10.0. The molecule has 0 radical (unpaired) electrons. The van der Waals surface area contributed by atoms with Gasteiger partial charge in [-0.3, -0.25) is 0 Å². The Kier molecular flexibility index (Phi) is 5.57. The van der Waals surface area contributed by atoms with E-state index in [2.05, 4.69) is 36.1 Å². The maximum absolute atomic E-state index is 2.60. The van der Waals surface area contributed by atoms with Crippen LogP contribution in [0.25, 0.3) is 0 Å². The summed E-state index contributed by atoms with van der Waals surface area (Å²) in [6, 6.07) is 8.94. The average Bonchev–Trinajstić information content (AvgIpc) is 2.43. The number of hydrogen-bond donors (Lipinski definition) is 0. The summed E-state index contributed by atoms with van der Waals surface area (Å²) >= 11 is 0. The standard InChI is InChI=1S/C17H27N/c1-2-3-4-5-6-9-14-18-15-10-12-16-11-7-8-13-17(16)18/h7-8,11,13H,2-6,9-10,12,14-15H2,1H3. The van der Waals surface area contributed by atoms with Crippen LogP contribution in [0, 0.1) is 0 Å². The van der Waals surface area contributed by atoms with E-state index in [-0.39, 0.29) is 0 Å². The van der Waals surface area contributed by atoms with Crippen molar-refractivity contribution in [3.63, 3.8) is 0 Å². The maximum atomic E-state index is 2.60. The molecule has 1 aliphatic heterocycles. The molecule has 100 valence electrons. The van der Waals surface area contributed by atoms with E-state index in [9.17, 15) is 0 Å². The Balaban J connectivity index is 1.74. The van der Waals surface area contributed by atoms with Crippen molar-refractivity contribution in [2.24, 2.45) is 0 Å². The van der Waals surface area contributed by atoms with E-state index in [0.29, 0.717) is 0 Å². The molecule has 0 bridgehead atoms. The predicted octanol–water partition coefficient (Wildman–Crippen LogP) is 4.80. The third kappa shape index (κ3) is 3.76. The molecule has 0 unspecified atom stereocenters. The van der Waals surface area contributed by atoms with Gasteiger partial charge < -0.3 is 4.90 Å². The van der Waals surface area contributed by atoms with Crippen molar-refractivity contribution < 1.29 is 0 Å². The minimum atomic E-state index is 1.25. The van der Waals surface area contributed by atoms with Crippen LogP contribution in [0.4, 0.5) is 5.69 Å². The first kappa shape index (κ1) is 13.5. The highest BCUT2D eigenvalue weighted by Gasteiger charge is 2.14. The van der Waals surface area contributed by atoms with Gasteiger partial charge in [0.1, 0.15) is 0 Å². The van der Waals surface area contributed by atoms with Gasteiger partial charge in [-0.25, -0.2) is 0 Å². The number of unbranched alkanes of at least 4 members (excludes halogenated alkanes) is 5. The minimum absolute atomic E-state index is 1.25. The molecule has 0 N–H and O–H groups in total. The van der Waals surface area contributed by atoms with Crippen LogP contribution >= 0.6 is 0 Å². The highest BCUT2D eigenvalue weighted by atomic mass is 15.1. The second-order valence-corrected chi connectivity index (χ2v) is 5.49. The molecule has 0 atom stereocenters. The van der Waals surface area contributed by atoms with E-state index in [1.165, 1.54) is 70.1 Å². The fourth-order valence-electron chi connectivity index (χ4n) is 2.93. The molecule has 1 heterocycles. The van der Waals surface area contributed by atoms with E-state index in [0.717, 1.165) is 0 Å². The highest BCUT2D eigenvalue weighted by molar-refractivity contribution is 5.55. The van der Waals surface area contributed by atoms with Crippen molar-refractivity contribution in [3.8, 4) is 0 Å². The Morgan fingerprint density at radius 2 is 1.78 bits per heavy atom. The van der Waals surface area contributed by atoms with Gasteiger partial charge in [0.25, 0.3) is 0 Å². The topological polar surface area (TPSA) is 3.24 Å². The van der Waals surface area contributed by atoms with Gasteiger partial charge in [0, 0.05) is 18.8 Å². The van der Waals surface area contributed by atoms with Gasteiger partial charge in [-0.15, -0.1) is 0 Å². The van der Waals surface area contributed by atoms with Crippen LogP contribution in [0.15, 0.2) is 24.3 Å². The van der Waals surface area contributed by atoms with Gasteiger partial charge in [-0.2, -0.15) is 0 Å². The number of fused-ring (bicyclic) bond motifs is 1. The van der Waals surface area contributed by atoms with Crippen molar-refractivity contribution in [2.45, 2.75) is 58.3 Å². The summed E-state index contributed by atoms with van der Waals surface area (Å²) in [4.78, 5) is 2.60. The molecule has 0 amide bonds. The third-order valence-electron chi connectivity index (χ3n) is 3.99. The normalized spacial score (nSPS) is 14.6. The molecule has 0 saturated carbocycles. The van der Waals surface area contributed by atoms with Crippen molar-refractivity contribution >= 4 is 5.69 Å². The van der Waals surface area contributed by atoms with Crippen LogP contribution in [-0.4, -0.2) is 13.1 Å². The molecular formula is C17H27N. The number of rotatable bonds is 7. The maximum Gasteiger partial charge on any atom is 0.0398 e. The van der Waals surface area contributed by atoms with Gasteiger partial charge in [0.15, 0.2) is 0 Å². The number of hydrogen-bond acceptors (Lipinski definition) is 1. The first-order valence-corrected chi connectivity index (χ1v) is 7.74. The van der Waals surface area contributed by atoms with E-state index in [4.69, 9.17) is 0 Å². The van der Waals surface area contributed by atoms with Crippen molar-refractivity contribution in [3.05, 3.63) is 29.8 Å². The zero-order valence-electron chi connectivity index (χ0n) is 11.8. The Bertz CT molecular complexity index is 345. The SMILES string of the molecule is CCCCCCCCN1CCCc2ccccc21. The third-order valence-corrected chi connectivity index (χ3v) is 3.99. The lowest BCUT2D eigenvalue weighted by molar-refractivity contribution is 0.588. The molecule has 1 heteroatoms.